The summed E-state index contributed by atoms with van der Waals surface area (Å²) in [4.78, 5) is 0. The van der Waals surface area contributed by atoms with Gasteiger partial charge in [0.25, 0.3) is 0 Å². The number of allylic oxidation sites excluding steroid dienone is 1. The average Bonchev–Trinajstić information content (AvgIpc) is 2.15. The van der Waals surface area contributed by atoms with Gasteiger partial charge in [-0.15, -0.1) is 0 Å². The fourth-order valence-electron chi connectivity index (χ4n) is 1.27. The van der Waals surface area contributed by atoms with E-state index in [-0.39, 0.29) is 5.76 Å². The lowest BCUT2D eigenvalue weighted by molar-refractivity contribution is -0.164. The van der Waals surface area contributed by atoms with Gasteiger partial charge in [0.05, 0.1) is 6.61 Å². The topological polar surface area (TPSA) is 90.2 Å². The molecule has 1 aliphatic heterocycles. The van der Waals surface area contributed by atoms with Gasteiger partial charge in [0, 0.05) is 0 Å². The van der Waals surface area contributed by atoms with Crippen molar-refractivity contribution in [2.24, 2.45) is 0 Å². The van der Waals surface area contributed by atoms with Crippen LogP contribution in [0.3, 0.4) is 0 Å². The van der Waals surface area contributed by atoms with E-state index in [0.717, 1.165) is 0 Å². The Labute approximate surface area is 75.9 Å². The summed E-state index contributed by atoms with van der Waals surface area (Å²) in [7, 11) is 0. The highest BCUT2D eigenvalue weighted by Crippen LogP contribution is 2.23. The molecule has 0 spiro atoms. The maximum absolute atomic E-state index is 9.34. The predicted molar refractivity (Wildman–Crippen MR) is 43.7 cm³/mol. The molecule has 13 heavy (non-hydrogen) atoms. The minimum atomic E-state index is -1.31. The lowest BCUT2D eigenvalue weighted by Gasteiger charge is -2.36. The van der Waals surface area contributed by atoms with Gasteiger partial charge >= 0.3 is 0 Å². The molecule has 1 rings (SSSR count). The zero-order valence-corrected chi connectivity index (χ0v) is 7.29. The fourth-order valence-corrected chi connectivity index (χ4v) is 1.27. The number of rotatable bonds is 1. The van der Waals surface area contributed by atoms with Gasteiger partial charge < -0.3 is 25.2 Å². The molecule has 0 saturated carbocycles. The maximum Gasteiger partial charge on any atom is 0.150 e. The Morgan fingerprint density at radius 3 is 2.38 bits per heavy atom. The highest BCUT2D eigenvalue weighted by molar-refractivity contribution is 5.08. The SMILES string of the molecule is C/C=C1\O[C@H](CO)[C@@H](O)C(O)[C@@H]1O. The van der Waals surface area contributed by atoms with E-state index < -0.39 is 31.0 Å². The molecule has 0 aromatic rings. The van der Waals surface area contributed by atoms with Crippen LogP contribution in [0.2, 0.25) is 0 Å². The minimum absolute atomic E-state index is 0.178. The summed E-state index contributed by atoms with van der Waals surface area (Å²) in [5.74, 6) is 0.178. The Balaban J connectivity index is 2.78. The number of hydrogen-bond acceptors (Lipinski definition) is 5. The molecule has 0 aromatic heterocycles. The molecule has 0 radical (unpaired) electrons. The zero-order valence-electron chi connectivity index (χ0n) is 7.29. The van der Waals surface area contributed by atoms with Crippen LogP contribution in [0, 0.1) is 0 Å². The van der Waals surface area contributed by atoms with Gasteiger partial charge in [-0.25, -0.2) is 0 Å². The highest BCUT2D eigenvalue weighted by Gasteiger charge is 2.40. The molecule has 1 saturated heterocycles. The largest absolute Gasteiger partial charge is 0.487 e. The molecule has 0 aliphatic carbocycles. The van der Waals surface area contributed by atoms with Crippen LogP contribution in [0.25, 0.3) is 0 Å². The Morgan fingerprint density at radius 2 is 1.92 bits per heavy atom. The molecule has 1 heterocycles. The van der Waals surface area contributed by atoms with Crippen LogP contribution in [0.1, 0.15) is 6.92 Å². The van der Waals surface area contributed by atoms with E-state index in [2.05, 4.69) is 0 Å². The number of hydrogen-bond donors (Lipinski definition) is 4. The molecule has 1 aliphatic rings. The van der Waals surface area contributed by atoms with Crippen LogP contribution in [0.5, 0.6) is 0 Å². The third-order valence-electron chi connectivity index (χ3n) is 2.10. The summed E-state index contributed by atoms with van der Waals surface area (Å²) in [6.07, 6.45) is -3.17. The van der Waals surface area contributed by atoms with Crippen molar-refractivity contribution in [2.75, 3.05) is 6.61 Å². The van der Waals surface area contributed by atoms with Crippen LogP contribution in [-0.2, 0) is 4.74 Å². The summed E-state index contributed by atoms with van der Waals surface area (Å²) < 4.78 is 5.03. The number of aliphatic hydroxyl groups is 4. The smallest absolute Gasteiger partial charge is 0.150 e. The minimum Gasteiger partial charge on any atom is -0.487 e. The second-order valence-electron chi connectivity index (χ2n) is 2.96. The first kappa shape index (κ1) is 10.5. The predicted octanol–water partition coefficient (Wildman–Crippen LogP) is -1.64. The van der Waals surface area contributed by atoms with E-state index in [0.29, 0.717) is 0 Å². The monoisotopic (exact) mass is 190 g/mol. The molecule has 1 unspecified atom stereocenters. The highest BCUT2D eigenvalue weighted by atomic mass is 16.5. The fraction of sp³-hybridized carbons (Fsp3) is 0.750. The van der Waals surface area contributed by atoms with E-state index in [4.69, 9.17) is 9.84 Å². The van der Waals surface area contributed by atoms with Crippen molar-refractivity contribution in [3.8, 4) is 0 Å². The van der Waals surface area contributed by atoms with Crippen LogP contribution in [0.4, 0.5) is 0 Å². The van der Waals surface area contributed by atoms with Crippen LogP contribution < -0.4 is 0 Å². The van der Waals surface area contributed by atoms with Crippen LogP contribution in [0.15, 0.2) is 11.8 Å². The first-order valence-electron chi connectivity index (χ1n) is 4.09. The molecule has 5 heteroatoms. The molecule has 0 aromatic carbocycles. The van der Waals surface area contributed by atoms with Gasteiger partial charge in [-0.1, -0.05) is 0 Å². The summed E-state index contributed by atoms with van der Waals surface area (Å²) in [6, 6.07) is 0. The summed E-state index contributed by atoms with van der Waals surface area (Å²) in [6.45, 7) is 1.24. The molecule has 5 nitrogen and oxygen atoms in total. The molecule has 0 amide bonds. The van der Waals surface area contributed by atoms with Gasteiger partial charge in [0.2, 0.25) is 0 Å². The van der Waals surface area contributed by atoms with Crippen LogP contribution >= 0.6 is 0 Å². The average molecular weight is 190 g/mol. The maximum atomic E-state index is 9.34. The van der Waals surface area contributed by atoms with Gasteiger partial charge in [0.1, 0.15) is 30.2 Å². The summed E-state index contributed by atoms with van der Waals surface area (Å²) in [5, 5.41) is 36.7. The van der Waals surface area contributed by atoms with Crippen molar-refractivity contribution in [1.82, 2.24) is 0 Å². The third kappa shape index (κ3) is 1.83. The first-order valence-corrected chi connectivity index (χ1v) is 4.09. The standard InChI is InChI=1S/C8H14O5/c1-2-4-6(10)8(12)7(11)5(3-9)13-4/h2,5-12H,3H2,1H3/b4-2-/t5-,6-,7-,8?/m1/s1. The van der Waals surface area contributed by atoms with Crippen molar-refractivity contribution < 1.29 is 25.2 Å². The molecule has 76 valence electrons. The van der Waals surface area contributed by atoms with Crippen molar-refractivity contribution in [3.63, 3.8) is 0 Å². The Kier molecular flexibility index (Phi) is 3.27. The Morgan fingerprint density at radius 1 is 1.31 bits per heavy atom. The third-order valence-corrected chi connectivity index (χ3v) is 2.10. The normalized spacial score (nSPS) is 43.3. The summed E-state index contributed by atoms with van der Waals surface area (Å²) in [5.41, 5.74) is 0. The van der Waals surface area contributed by atoms with E-state index >= 15 is 0 Å². The quantitative estimate of drug-likeness (QED) is 0.398. The van der Waals surface area contributed by atoms with Gasteiger partial charge in [-0.2, -0.15) is 0 Å². The van der Waals surface area contributed by atoms with E-state index in [9.17, 15) is 15.3 Å². The van der Waals surface area contributed by atoms with Gasteiger partial charge in [0.15, 0.2) is 0 Å². The molecular weight excluding hydrogens is 176 g/mol. The van der Waals surface area contributed by atoms with Crippen LogP contribution in [-0.4, -0.2) is 51.4 Å². The number of ether oxygens (including phenoxy) is 1. The summed E-state index contributed by atoms with van der Waals surface area (Å²) >= 11 is 0. The van der Waals surface area contributed by atoms with E-state index in [1.807, 2.05) is 0 Å². The Bertz CT molecular complexity index is 201. The van der Waals surface area contributed by atoms with Gasteiger partial charge in [-0.05, 0) is 13.0 Å². The molecule has 4 atom stereocenters. The second-order valence-corrected chi connectivity index (χ2v) is 2.96. The second kappa shape index (κ2) is 4.06. The number of aliphatic hydroxyl groups excluding tert-OH is 4. The first-order chi connectivity index (χ1) is 6.11. The van der Waals surface area contributed by atoms with Crippen molar-refractivity contribution in [1.29, 1.82) is 0 Å². The lowest BCUT2D eigenvalue weighted by Crippen LogP contribution is -2.52. The zero-order chi connectivity index (χ0) is 10.0. The van der Waals surface area contributed by atoms with Gasteiger partial charge in [-0.3, -0.25) is 0 Å². The van der Waals surface area contributed by atoms with E-state index in [1.165, 1.54) is 6.08 Å². The molecule has 1 fully saturated rings. The lowest BCUT2D eigenvalue weighted by atomic mass is 9.98. The molecule has 4 N–H and O–H groups in total. The Hall–Kier alpha value is -0.620. The van der Waals surface area contributed by atoms with Crippen molar-refractivity contribution in [3.05, 3.63) is 11.8 Å². The van der Waals surface area contributed by atoms with Crippen molar-refractivity contribution in [2.45, 2.75) is 31.3 Å². The molecule has 0 bridgehead atoms. The van der Waals surface area contributed by atoms with Crippen molar-refractivity contribution >= 4 is 0 Å². The van der Waals surface area contributed by atoms with E-state index in [1.54, 1.807) is 6.92 Å². The molecular formula is C8H14O5.